The summed E-state index contributed by atoms with van der Waals surface area (Å²) in [5.74, 6) is 0.0108. The first-order valence-corrected chi connectivity index (χ1v) is 8.97. The van der Waals surface area contributed by atoms with Crippen LogP contribution in [0, 0.1) is 0 Å². The summed E-state index contributed by atoms with van der Waals surface area (Å²) >= 11 is 5.90. The standard InChI is InChI=1S/C18H18ClF3N4O/c19-13-6-5-12(18(20,21)22)9-14(13)25-17(27)15-10-24-16(11-23-15)26-7-3-1-2-4-8-26/h5-6,9-11H,1-4,7-8H2,(H,25,27). The van der Waals surface area contributed by atoms with Crippen LogP contribution in [0.4, 0.5) is 24.7 Å². The van der Waals surface area contributed by atoms with Crippen LogP contribution in [0.2, 0.25) is 5.02 Å². The summed E-state index contributed by atoms with van der Waals surface area (Å²) < 4.78 is 38.5. The lowest BCUT2D eigenvalue weighted by Gasteiger charge is -2.20. The number of hydrogen-bond donors (Lipinski definition) is 1. The Morgan fingerprint density at radius 3 is 2.37 bits per heavy atom. The molecule has 2 aromatic rings. The molecule has 0 spiro atoms. The zero-order valence-corrected chi connectivity index (χ0v) is 15.1. The fraction of sp³-hybridized carbons (Fsp3) is 0.389. The second-order valence-electron chi connectivity index (χ2n) is 6.31. The molecule has 27 heavy (non-hydrogen) atoms. The van der Waals surface area contributed by atoms with Crippen molar-refractivity contribution >= 4 is 29.0 Å². The molecule has 1 aliphatic heterocycles. The van der Waals surface area contributed by atoms with Gasteiger partial charge in [-0.1, -0.05) is 24.4 Å². The number of nitrogens with one attached hydrogen (secondary N) is 1. The summed E-state index contributed by atoms with van der Waals surface area (Å²) in [5.41, 5.74) is -1.03. The van der Waals surface area contributed by atoms with Gasteiger partial charge in [0.15, 0.2) is 0 Å². The van der Waals surface area contributed by atoms with Gasteiger partial charge in [-0.25, -0.2) is 9.97 Å². The van der Waals surface area contributed by atoms with E-state index in [2.05, 4.69) is 20.2 Å². The summed E-state index contributed by atoms with van der Waals surface area (Å²) in [7, 11) is 0. The van der Waals surface area contributed by atoms with Crippen molar-refractivity contribution in [3.63, 3.8) is 0 Å². The predicted octanol–water partition coefficient (Wildman–Crippen LogP) is 4.78. The number of benzene rings is 1. The van der Waals surface area contributed by atoms with Crippen LogP contribution in [-0.2, 0) is 6.18 Å². The molecule has 1 fully saturated rings. The Bertz CT molecular complexity index is 803. The number of aromatic nitrogens is 2. The van der Waals surface area contributed by atoms with Gasteiger partial charge in [-0.05, 0) is 31.0 Å². The van der Waals surface area contributed by atoms with Crippen LogP contribution in [0.5, 0.6) is 0 Å². The molecule has 1 saturated heterocycles. The number of carbonyl (C=O) groups excluding carboxylic acids is 1. The highest BCUT2D eigenvalue weighted by Crippen LogP contribution is 2.34. The van der Waals surface area contributed by atoms with Gasteiger partial charge in [0.1, 0.15) is 11.5 Å². The molecule has 0 bridgehead atoms. The van der Waals surface area contributed by atoms with Gasteiger partial charge in [0.2, 0.25) is 0 Å². The van der Waals surface area contributed by atoms with Crippen LogP contribution < -0.4 is 10.2 Å². The molecule has 1 aromatic carbocycles. The van der Waals surface area contributed by atoms with E-state index in [-0.39, 0.29) is 16.4 Å². The molecule has 0 saturated carbocycles. The molecular formula is C18H18ClF3N4O. The molecule has 1 amide bonds. The zero-order chi connectivity index (χ0) is 19.4. The Kier molecular flexibility index (Phi) is 5.84. The Balaban J connectivity index is 1.73. The van der Waals surface area contributed by atoms with Gasteiger partial charge < -0.3 is 10.2 Å². The van der Waals surface area contributed by atoms with Crippen molar-refractivity contribution in [2.75, 3.05) is 23.3 Å². The summed E-state index contributed by atoms with van der Waals surface area (Å²) in [6.07, 6.45) is 2.82. The molecule has 3 rings (SSSR count). The third-order valence-electron chi connectivity index (χ3n) is 4.34. The van der Waals surface area contributed by atoms with E-state index in [1.165, 1.54) is 25.2 Å². The minimum absolute atomic E-state index is 0.00190. The molecule has 1 aromatic heterocycles. The molecule has 0 atom stereocenters. The van der Waals surface area contributed by atoms with Gasteiger partial charge in [-0.3, -0.25) is 4.79 Å². The lowest BCUT2D eigenvalue weighted by Crippen LogP contribution is -2.25. The lowest BCUT2D eigenvalue weighted by atomic mass is 10.2. The molecular weight excluding hydrogens is 381 g/mol. The van der Waals surface area contributed by atoms with E-state index in [0.29, 0.717) is 5.82 Å². The monoisotopic (exact) mass is 398 g/mol. The van der Waals surface area contributed by atoms with Gasteiger partial charge in [0.25, 0.3) is 5.91 Å². The van der Waals surface area contributed by atoms with Gasteiger partial charge >= 0.3 is 6.18 Å². The predicted molar refractivity (Wildman–Crippen MR) is 97.1 cm³/mol. The SMILES string of the molecule is O=C(Nc1cc(C(F)(F)F)ccc1Cl)c1cnc(N2CCCCCC2)cn1. The van der Waals surface area contributed by atoms with Crippen LogP contribution in [-0.4, -0.2) is 29.0 Å². The Morgan fingerprint density at radius 1 is 1.07 bits per heavy atom. The zero-order valence-electron chi connectivity index (χ0n) is 14.4. The summed E-state index contributed by atoms with van der Waals surface area (Å²) in [5, 5.41) is 2.37. The highest BCUT2D eigenvalue weighted by Gasteiger charge is 2.31. The maximum absolute atomic E-state index is 12.8. The average molecular weight is 399 g/mol. The Labute approximate surface area is 159 Å². The molecule has 9 heteroatoms. The number of carbonyl (C=O) groups is 1. The molecule has 0 radical (unpaired) electrons. The van der Waals surface area contributed by atoms with Crippen LogP contribution >= 0.6 is 11.6 Å². The van der Waals surface area contributed by atoms with E-state index in [1.807, 2.05) is 0 Å². The highest BCUT2D eigenvalue weighted by atomic mass is 35.5. The van der Waals surface area contributed by atoms with Gasteiger partial charge in [-0.2, -0.15) is 13.2 Å². The average Bonchev–Trinajstić information content (AvgIpc) is 2.92. The van der Waals surface area contributed by atoms with Crippen molar-refractivity contribution in [1.82, 2.24) is 9.97 Å². The van der Waals surface area contributed by atoms with Gasteiger partial charge in [-0.15, -0.1) is 0 Å². The maximum atomic E-state index is 12.8. The Morgan fingerprint density at radius 2 is 1.78 bits per heavy atom. The fourth-order valence-corrected chi connectivity index (χ4v) is 3.05. The maximum Gasteiger partial charge on any atom is 0.416 e. The first kappa shape index (κ1) is 19.4. The van der Waals surface area contributed by atoms with Crippen LogP contribution in [0.25, 0.3) is 0 Å². The molecule has 2 heterocycles. The third kappa shape index (κ3) is 4.88. The van der Waals surface area contributed by atoms with E-state index < -0.39 is 17.6 Å². The fourth-order valence-electron chi connectivity index (χ4n) is 2.89. The first-order valence-electron chi connectivity index (χ1n) is 8.60. The lowest BCUT2D eigenvalue weighted by molar-refractivity contribution is -0.137. The summed E-state index contributed by atoms with van der Waals surface area (Å²) in [6.45, 7) is 1.78. The number of nitrogens with zero attached hydrogens (tertiary/aromatic N) is 3. The van der Waals surface area contributed by atoms with E-state index in [4.69, 9.17) is 11.6 Å². The Hall–Kier alpha value is -2.35. The number of anilines is 2. The van der Waals surface area contributed by atoms with Crippen LogP contribution in [0.1, 0.15) is 41.7 Å². The normalized spacial score (nSPS) is 15.3. The first-order chi connectivity index (χ1) is 12.8. The van der Waals surface area contributed by atoms with Crippen molar-refractivity contribution in [2.45, 2.75) is 31.9 Å². The number of hydrogen-bond acceptors (Lipinski definition) is 4. The van der Waals surface area contributed by atoms with Crippen molar-refractivity contribution in [1.29, 1.82) is 0 Å². The van der Waals surface area contributed by atoms with Crippen molar-refractivity contribution in [3.05, 3.63) is 46.9 Å². The smallest absolute Gasteiger partial charge is 0.355 e. The van der Waals surface area contributed by atoms with Gasteiger partial charge in [0.05, 0.1) is 28.7 Å². The second kappa shape index (κ2) is 8.12. The number of amides is 1. The largest absolute Gasteiger partial charge is 0.416 e. The third-order valence-corrected chi connectivity index (χ3v) is 4.67. The highest BCUT2D eigenvalue weighted by molar-refractivity contribution is 6.33. The topological polar surface area (TPSA) is 58.1 Å². The van der Waals surface area contributed by atoms with E-state index >= 15 is 0 Å². The molecule has 0 unspecified atom stereocenters. The van der Waals surface area contributed by atoms with E-state index in [0.717, 1.165) is 44.1 Å². The number of halogens is 4. The minimum atomic E-state index is -4.53. The van der Waals surface area contributed by atoms with Gasteiger partial charge in [0, 0.05) is 13.1 Å². The van der Waals surface area contributed by atoms with Crippen LogP contribution in [0.15, 0.2) is 30.6 Å². The van der Waals surface area contributed by atoms with E-state index in [9.17, 15) is 18.0 Å². The quantitative estimate of drug-likeness (QED) is 0.808. The van der Waals surface area contributed by atoms with Crippen molar-refractivity contribution in [2.24, 2.45) is 0 Å². The van der Waals surface area contributed by atoms with Crippen molar-refractivity contribution < 1.29 is 18.0 Å². The number of rotatable bonds is 3. The summed E-state index contributed by atoms with van der Waals surface area (Å²) in [4.78, 5) is 22.8. The minimum Gasteiger partial charge on any atom is -0.355 e. The number of alkyl halides is 3. The van der Waals surface area contributed by atoms with E-state index in [1.54, 1.807) is 0 Å². The second-order valence-corrected chi connectivity index (χ2v) is 6.71. The van der Waals surface area contributed by atoms with Crippen molar-refractivity contribution in [3.8, 4) is 0 Å². The molecule has 1 aliphatic rings. The molecule has 144 valence electrons. The molecule has 1 N–H and O–H groups in total. The molecule has 5 nitrogen and oxygen atoms in total. The van der Waals surface area contributed by atoms with Crippen LogP contribution in [0.3, 0.4) is 0 Å². The summed E-state index contributed by atoms with van der Waals surface area (Å²) in [6, 6.07) is 2.74. The molecule has 0 aliphatic carbocycles.